The minimum Gasteiger partial charge on any atom is -0.327 e. The Morgan fingerprint density at radius 3 is 2.64 bits per heavy atom. The first-order valence-electron chi connectivity index (χ1n) is 6.44. The maximum Gasteiger partial charge on any atom is 0.227 e. The molecule has 2 rings (SSSR count). The molecule has 2 aromatic rings. The molecule has 120 valence electrons. The molecule has 0 bridgehead atoms. The molecular weight excluding hydrogens is 347 g/mol. The molecule has 0 saturated heterocycles. The molecule has 0 fully saturated rings. The van der Waals surface area contributed by atoms with Crippen LogP contribution in [-0.4, -0.2) is 21.7 Å². The molecule has 8 heteroatoms. The average Bonchev–Trinajstić information content (AvgIpc) is 2.72. The monoisotopic (exact) mass is 362 g/mol. The third-order valence-corrected chi connectivity index (χ3v) is 3.55. The second-order valence-corrected chi connectivity index (χ2v) is 5.73. The number of aromatic nitrogens is 2. The Morgan fingerprint density at radius 1 is 1.36 bits per heavy atom. The van der Waals surface area contributed by atoms with E-state index in [1.807, 2.05) is 13.0 Å². The van der Waals surface area contributed by atoms with Gasteiger partial charge >= 0.3 is 0 Å². The zero-order valence-corrected chi connectivity index (χ0v) is 14.5. The summed E-state index contributed by atoms with van der Waals surface area (Å²) in [6.07, 6.45) is 0.249. The minimum absolute atomic E-state index is 0. The summed E-state index contributed by atoms with van der Waals surface area (Å²) in [6.45, 7) is 3.66. The van der Waals surface area contributed by atoms with Crippen molar-refractivity contribution in [3.05, 3.63) is 40.0 Å². The van der Waals surface area contributed by atoms with Crippen LogP contribution in [0.5, 0.6) is 0 Å². The van der Waals surface area contributed by atoms with E-state index in [4.69, 9.17) is 28.9 Å². The van der Waals surface area contributed by atoms with E-state index >= 15 is 0 Å². The molecule has 0 aliphatic carbocycles. The Labute approximate surface area is 145 Å². The molecule has 1 unspecified atom stereocenters. The zero-order chi connectivity index (χ0) is 15.6. The van der Waals surface area contributed by atoms with E-state index in [1.54, 1.807) is 29.8 Å². The number of nitrogens with two attached hydrogens (primary N) is 1. The quantitative estimate of drug-likeness (QED) is 0.872. The number of aryl methyl sites for hydroxylation is 1. The Bertz CT molecular complexity index is 670. The van der Waals surface area contributed by atoms with Gasteiger partial charge in [-0.05, 0) is 32.0 Å². The summed E-state index contributed by atoms with van der Waals surface area (Å²) in [4.78, 5) is 11.7. The minimum atomic E-state index is -0.191. The topological polar surface area (TPSA) is 72.9 Å². The number of amides is 1. The second kappa shape index (κ2) is 7.83. The van der Waals surface area contributed by atoms with Crippen LogP contribution in [0, 0.1) is 6.92 Å². The molecular formula is C14H17Cl3N4O. The van der Waals surface area contributed by atoms with Gasteiger partial charge in [0.1, 0.15) is 0 Å². The largest absolute Gasteiger partial charge is 0.327 e. The number of hydrogen-bond acceptors (Lipinski definition) is 3. The number of carbonyl (C=O) groups excluding carboxylic acids is 1. The molecule has 1 amide bonds. The molecule has 0 saturated carbocycles. The lowest BCUT2D eigenvalue weighted by Gasteiger charge is -2.06. The lowest BCUT2D eigenvalue weighted by molar-refractivity contribution is -0.116. The molecule has 0 aliphatic rings. The highest BCUT2D eigenvalue weighted by molar-refractivity contribution is 6.42. The van der Waals surface area contributed by atoms with Crippen molar-refractivity contribution in [1.29, 1.82) is 0 Å². The zero-order valence-electron chi connectivity index (χ0n) is 12.1. The molecule has 1 aromatic carbocycles. The molecule has 1 aromatic heterocycles. The summed E-state index contributed by atoms with van der Waals surface area (Å²) < 4.78 is 1.68. The normalized spacial score (nSPS) is 11.7. The van der Waals surface area contributed by atoms with Crippen LogP contribution < -0.4 is 11.1 Å². The first-order chi connectivity index (χ1) is 9.86. The van der Waals surface area contributed by atoms with Gasteiger partial charge in [-0.1, -0.05) is 23.2 Å². The first kappa shape index (κ1) is 18.8. The lowest BCUT2D eigenvalue weighted by Crippen LogP contribution is -2.24. The molecule has 5 nitrogen and oxygen atoms in total. The van der Waals surface area contributed by atoms with Gasteiger partial charge in [0.05, 0.1) is 15.7 Å². The second-order valence-electron chi connectivity index (χ2n) is 4.91. The van der Waals surface area contributed by atoms with E-state index in [9.17, 15) is 4.79 Å². The van der Waals surface area contributed by atoms with Gasteiger partial charge in [0.25, 0.3) is 0 Å². The predicted molar refractivity (Wildman–Crippen MR) is 92.5 cm³/mol. The summed E-state index contributed by atoms with van der Waals surface area (Å²) >= 11 is 11.9. The summed E-state index contributed by atoms with van der Waals surface area (Å²) in [7, 11) is 0. The predicted octanol–water partition coefficient (Wildman–Crippen LogP) is 3.59. The maximum atomic E-state index is 11.7. The third kappa shape index (κ3) is 4.61. The van der Waals surface area contributed by atoms with Gasteiger partial charge in [0, 0.05) is 24.2 Å². The molecule has 0 radical (unpaired) electrons. The van der Waals surface area contributed by atoms with Crippen LogP contribution in [0.25, 0.3) is 5.69 Å². The fraction of sp³-hybridized carbons (Fsp3) is 0.286. The van der Waals surface area contributed by atoms with E-state index in [-0.39, 0.29) is 30.8 Å². The fourth-order valence-corrected chi connectivity index (χ4v) is 2.19. The van der Waals surface area contributed by atoms with Crippen molar-refractivity contribution in [3.63, 3.8) is 0 Å². The third-order valence-electron chi connectivity index (χ3n) is 2.81. The van der Waals surface area contributed by atoms with Gasteiger partial charge in [-0.3, -0.25) is 4.79 Å². The van der Waals surface area contributed by atoms with Crippen molar-refractivity contribution < 1.29 is 4.79 Å². The SMILES string of the molecule is Cc1cc(NC(=O)CC(C)N)nn1-c1ccc(Cl)c(Cl)c1.Cl. The fourth-order valence-electron chi connectivity index (χ4n) is 1.90. The Balaban J connectivity index is 0.00000242. The number of anilines is 1. The van der Waals surface area contributed by atoms with Gasteiger partial charge in [-0.25, -0.2) is 4.68 Å². The smallest absolute Gasteiger partial charge is 0.227 e. The molecule has 1 atom stereocenters. The van der Waals surface area contributed by atoms with E-state index < -0.39 is 0 Å². The van der Waals surface area contributed by atoms with E-state index in [0.29, 0.717) is 15.9 Å². The summed E-state index contributed by atoms with van der Waals surface area (Å²) in [5.41, 5.74) is 7.23. The van der Waals surface area contributed by atoms with E-state index in [0.717, 1.165) is 11.4 Å². The van der Waals surface area contributed by atoms with Crippen molar-refractivity contribution in [2.24, 2.45) is 5.73 Å². The van der Waals surface area contributed by atoms with Crippen molar-refractivity contribution in [1.82, 2.24) is 9.78 Å². The molecule has 22 heavy (non-hydrogen) atoms. The summed E-state index contributed by atoms with van der Waals surface area (Å²) in [5, 5.41) is 7.99. The van der Waals surface area contributed by atoms with Crippen LogP contribution in [0.1, 0.15) is 19.0 Å². The highest BCUT2D eigenvalue weighted by Gasteiger charge is 2.11. The number of halogens is 3. The van der Waals surface area contributed by atoms with Crippen LogP contribution >= 0.6 is 35.6 Å². The van der Waals surface area contributed by atoms with Gasteiger partial charge in [0.2, 0.25) is 5.91 Å². The molecule has 1 heterocycles. The number of carbonyl (C=O) groups is 1. The summed E-state index contributed by atoms with van der Waals surface area (Å²) in [6, 6.07) is 6.82. The molecule has 3 N–H and O–H groups in total. The van der Waals surface area contributed by atoms with E-state index in [2.05, 4.69) is 10.4 Å². The molecule has 0 spiro atoms. The van der Waals surface area contributed by atoms with Crippen LogP contribution in [0.3, 0.4) is 0 Å². The van der Waals surface area contributed by atoms with Crippen LogP contribution in [0.4, 0.5) is 5.82 Å². The number of benzene rings is 1. The lowest BCUT2D eigenvalue weighted by atomic mass is 10.2. The molecule has 0 aliphatic heterocycles. The van der Waals surface area contributed by atoms with Crippen molar-refractivity contribution in [3.8, 4) is 5.69 Å². The van der Waals surface area contributed by atoms with Crippen LogP contribution in [0.2, 0.25) is 10.0 Å². The van der Waals surface area contributed by atoms with Crippen molar-refractivity contribution >= 4 is 47.3 Å². The van der Waals surface area contributed by atoms with Gasteiger partial charge in [-0.15, -0.1) is 17.5 Å². The Morgan fingerprint density at radius 2 is 2.05 bits per heavy atom. The van der Waals surface area contributed by atoms with Crippen LogP contribution in [-0.2, 0) is 4.79 Å². The highest BCUT2D eigenvalue weighted by Crippen LogP contribution is 2.25. The van der Waals surface area contributed by atoms with Gasteiger partial charge < -0.3 is 11.1 Å². The highest BCUT2D eigenvalue weighted by atomic mass is 35.5. The average molecular weight is 364 g/mol. The Hall–Kier alpha value is -1.27. The van der Waals surface area contributed by atoms with Gasteiger partial charge in [-0.2, -0.15) is 0 Å². The first-order valence-corrected chi connectivity index (χ1v) is 7.20. The standard InChI is InChI=1S/C14H16Cl2N4O.ClH/c1-8(17)5-14(21)18-13-6-9(2)20(19-13)10-3-4-11(15)12(16)7-10;/h3-4,6-8H,5,17H2,1-2H3,(H,18,19,21);1H. The Kier molecular flexibility index (Phi) is 6.68. The number of nitrogens with one attached hydrogen (secondary N) is 1. The number of hydrogen-bond donors (Lipinski definition) is 2. The van der Waals surface area contributed by atoms with Crippen LogP contribution in [0.15, 0.2) is 24.3 Å². The summed E-state index contributed by atoms with van der Waals surface area (Å²) in [5.74, 6) is 0.313. The number of nitrogens with zero attached hydrogens (tertiary/aromatic N) is 2. The maximum absolute atomic E-state index is 11.7. The van der Waals surface area contributed by atoms with Crippen molar-refractivity contribution in [2.75, 3.05) is 5.32 Å². The van der Waals surface area contributed by atoms with E-state index in [1.165, 1.54) is 0 Å². The van der Waals surface area contributed by atoms with Crippen molar-refractivity contribution in [2.45, 2.75) is 26.3 Å². The number of rotatable bonds is 4. The van der Waals surface area contributed by atoms with Gasteiger partial charge in [0.15, 0.2) is 5.82 Å².